The summed E-state index contributed by atoms with van der Waals surface area (Å²) in [6.07, 6.45) is 1.48. The van der Waals surface area contributed by atoms with Crippen LogP contribution in [0.4, 0.5) is 0 Å². The second-order valence-electron chi connectivity index (χ2n) is 6.73. The van der Waals surface area contributed by atoms with Crippen LogP contribution >= 0.6 is 0 Å². The lowest BCUT2D eigenvalue weighted by atomic mass is 10.0. The molecule has 0 aliphatic rings. The van der Waals surface area contributed by atoms with Crippen molar-refractivity contribution >= 4 is 12.1 Å². The molecule has 7 heteroatoms. The number of nitrogens with one attached hydrogen (secondary N) is 1. The van der Waals surface area contributed by atoms with Crippen LogP contribution in [0.5, 0.6) is 23.0 Å². The molecule has 2 aromatic rings. The molecule has 0 saturated carbocycles. The van der Waals surface area contributed by atoms with Crippen molar-refractivity contribution in [2.45, 2.75) is 26.7 Å². The molecule has 2 rings (SSSR count). The van der Waals surface area contributed by atoms with E-state index in [-0.39, 0.29) is 12.5 Å². The zero-order valence-electron chi connectivity index (χ0n) is 17.7. The number of benzene rings is 2. The van der Waals surface area contributed by atoms with Crippen LogP contribution in [0.1, 0.15) is 36.5 Å². The second-order valence-corrected chi connectivity index (χ2v) is 6.73. The van der Waals surface area contributed by atoms with Crippen molar-refractivity contribution in [3.8, 4) is 23.0 Å². The highest BCUT2D eigenvalue weighted by atomic mass is 16.5. The van der Waals surface area contributed by atoms with Crippen LogP contribution in [0.2, 0.25) is 0 Å². The molecule has 0 aliphatic heterocycles. The minimum atomic E-state index is -0.364. The molecule has 0 aromatic heterocycles. The summed E-state index contributed by atoms with van der Waals surface area (Å²) in [4.78, 5) is 12.1. The molecule has 0 unspecified atom stereocenters. The average molecular weight is 400 g/mol. The molecule has 0 heterocycles. The number of ether oxygens (including phenoxy) is 4. The predicted octanol–water partition coefficient (Wildman–Crippen LogP) is 3.67. The molecule has 156 valence electrons. The van der Waals surface area contributed by atoms with Gasteiger partial charge in [0.2, 0.25) is 0 Å². The first-order chi connectivity index (χ1) is 13.9. The number of hydrogen-bond acceptors (Lipinski definition) is 6. The number of hydrogen-bond donors (Lipinski definition) is 1. The Morgan fingerprint density at radius 1 is 1.00 bits per heavy atom. The summed E-state index contributed by atoms with van der Waals surface area (Å²) < 4.78 is 21.6. The first-order valence-electron chi connectivity index (χ1n) is 9.24. The van der Waals surface area contributed by atoms with Gasteiger partial charge in [0, 0.05) is 11.6 Å². The van der Waals surface area contributed by atoms with Crippen molar-refractivity contribution in [2.75, 3.05) is 27.9 Å². The summed E-state index contributed by atoms with van der Waals surface area (Å²) in [5.74, 6) is 2.25. The Balaban J connectivity index is 2.03. The van der Waals surface area contributed by atoms with E-state index >= 15 is 0 Å². The van der Waals surface area contributed by atoms with Gasteiger partial charge in [0.25, 0.3) is 5.91 Å². The molecule has 0 atom stereocenters. The summed E-state index contributed by atoms with van der Waals surface area (Å²) in [6, 6.07) is 9.39. The van der Waals surface area contributed by atoms with Crippen molar-refractivity contribution in [2.24, 2.45) is 5.10 Å². The molecule has 2 aromatic carbocycles. The Morgan fingerprint density at radius 3 is 2.28 bits per heavy atom. The van der Waals surface area contributed by atoms with Gasteiger partial charge in [0.05, 0.1) is 27.5 Å². The largest absolute Gasteiger partial charge is 0.496 e. The Kier molecular flexibility index (Phi) is 7.88. The van der Waals surface area contributed by atoms with Crippen molar-refractivity contribution in [1.29, 1.82) is 0 Å². The van der Waals surface area contributed by atoms with Gasteiger partial charge in [-0.3, -0.25) is 4.79 Å². The van der Waals surface area contributed by atoms with Crippen LogP contribution in [-0.2, 0) is 4.79 Å². The lowest BCUT2D eigenvalue weighted by Gasteiger charge is -2.14. The smallest absolute Gasteiger partial charge is 0.277 e. The molecular weight excluding hydrogens is 372 g/mol. The molecular formula is C22H28N2O5. The third-order valence-corrected chi connectivity index (χ3v) is 4.28. The molecule has 7 nitrogen and oxygen atoms in total. The summed E-state index contributed by atoms with van der Waals surface area (Å²) in [7, 11) is 4.63. The van der Waals surface area contributed by atoms with Gasteiger partial charge in [-0.2, -0.15) is 5.10 Å². The van der Waals surface area contributed by atoms with Gasteiger partial charge in [-0.1, -0.05) is 26.0 Å². The fraction of sp³-hybridized carbons (Fsp3) is 0.364. The summed E-state index contributed by atoms with van der Waals surface area (Å²) in [6.45, 7) is 6.01. The first kappa shape index (κ1) is 22.1. The number of carbonyl (C=O) groups is 1. The zero-order chi connectivity index (χ0) is 21.4. The van der Waals surface area contributed by atoms with Gasteiger partial charge in [-0.25, -0.2) is 5.43 Å². The van der Waals surface area contributed by atoms with Crippen LogP contribution in [-0.4, -0.2) is 40.1 Å². The van der Waals surface area contributed by atoms with E-state index in [0.29, 0.717) is 34.5 Å². The highest BCUT2D eigenvalue weighted by Gasteiger charge is 2.12. The molecule has 0 bridgehead atoms. The van der Waals surface area contributed by atoms with Crippen LogP contribution in [0.15, 0.2) is 35.4 Å². The van der Waals surface area contributed by atoms with E-state index in [9.17, 15) is 4.79 Å². The van der Waals surface area contributed by atoms with E-state index in [1.807, 2.05) is 25.1 Å². The minimum absolute atomic E-state index is 0.135. The van der Waals surface area contributed by atoms with Crippen LogP contribution in [0.25, 0.3) is 0 Å². The molecule has 0 saturated heterocycles. The first-order valence-corrected chi connectivity index (χ1v) is 9.24. The number of rotatable bonds is 9. The number of aryl methyl sites for hydroxylation is 1. The normalized spacial score (nSPS) is 10.9. The highest BCUT2D eigenvalue weighted by molar-refractivity contribution is 5.86. The third-order valence-electron chi connectivity index (χ3n) is 4.28. The standard InChI is InChI=1S/C22H28N2O5/c1-14(2)17-8-7-15(3)9-19(17)29-13-22(25)24-23-12-16-10-20(27-5)21(28-6)11-18(16)26-4/h7-12,14H,13H2,1-6H3,(H,24,25). The highest BCUT2D eigenvalue weighted by Crippen LogP contribution is 2.33. The zero-order valence-corrected chi connectivity index (χ0v) is 17.7. The molecule has 1 amide bonds. The lowest BCUT2D eigenvalue weighted by molar-refractivity contribution is -0.123. The van der Waals surface area contributed by atoms with Gasteiger partial charge in [0.15, 0.2) is 18.1 Å². The summed E-state index contributed by atoms with van der Waals surface area (Å²) in [5, 5.41) is 3.99. The SMILES string of the molecule is COc1cc(OC)c(OC)cc1C=NNC(=O)COc1cc(C)ccc1C(C)C. The summed E-state index contributed by atoms with van der Waals surface area (Å²) in [5.41, 5.74) is 5.22. The van der Waals surface area contributed by atoms with Crippen molar-refractivity contribution in [3.63, 3.8) is 0 Å². The number of methoxy groups -OCH3 is 3. The minimum Gasteiger partial charge on any atom is -0.496 e. The molecule has 1 N–H and O–H groups in total. The maximum Gasteiger partial charge on any atom is 0.277 e. The number of hydrazone groups is 1. The van der Waals surface area contributed by atoms with E-state index in [1.165, 1.54) is 6.21 Å². The third kappa shape index (κ3) is 5.88. The Bertz CT molecular complexity index is 878. The average Bonchev–Trinajstić information content (AvgIpc) is 2.71. The molecule has 29 heavy (non-hydrogen) atoms. The molecule has 0 fully saturated rings. The van der Waals surface area contributed by atoms with Crippen molar-refractivity contribution in [3.05, 3.63) is 47.0 Å². The number of amides is 1. The Morgan fingerprint density at radius 2 is 1.66 bits per heavy atom. The monoisotopic (exact) mass is 400 g/mol. The summed E-state index contributed by atoms with van der Waals surface area (Å²) >= 11 is 0. The van der Waals surface area contributed by atoms with Crippen molar-refractivity contribution in [1.82, 2.24) is 5.43 Å². The van der Waals surface area contributed by atoms with Gasteiger partial charge in [-0.15, -0.1) is 0 Å². The van der Waals surface area contributed by atoms with E-state index in [4.69, 9.17) is 18.9 Å². The quantitative estimate of drug-likeness (QED) is 0.513. The fourth-order valence-corrected chi connectivity index (χ4v) is 2.75. The molecule has 0 radical (unpaired) electrons. The lowest BCUT2D eigenvalue weighted by Crippen LogP contribution is -2.25. The number of nitrogens with zero attached hydrogens (tertiary/aromatic N) is 1. The van der Waals surface area contributed by atoms with Crippen molar-refractivity contribution < 1.29 is 23.7 Å². The van der Waals surface area contributed by atoms with Gasteiger partial charge >= 0.3 is 0 Å². The second kappa shape index (κ2) is 10.4. The van der Waals surface area contributed by atoms with Crippen LogP contribution < -0.4 is 24.4 Å². The molecule has 0 spiro atoms. The van der Waals surface area contributed by atoms with Gasteiger partial charge in [0.1, 0.15) is 11.5 Å². The molecule has 0 aliphatic carbocycles. The van der Waals surface area contributed by atoms with Gasteiger partial charge < -0.3 is 18.9 Å². The Labute approximate surface area is 171 Å². The van der Waals surface area contributed by atoms with E-state index in [1.54, 1.807) is 33.5 Å². The van der Waals surface area contributed by atoms with E-state index in [2.05, 4.69) is 24.4 Å². The van der Waals surface area contributed by atoms with Gasteiger partial charge in [-0.05, 0) is 36.1 Å². The maximum atomic E-state index is 12.1. The Hall–Kier alpha value is -3.22. The maximum absolute atomic E-state index is 12.1. The van der Waals surface area contributed by atoms with Crippen LogP contribution in [0.3, 0.4) is 0 Å². The van der Waals surface area contributed by atoms with Crippen LogP contribution in [0, 0.1) is 6.92 Å². The van der Waals surface area contributed by atoms with E-state index in [0.717, 1.165) is 11.1 Å². The topological polar surface area (TPSA) is 78.4 Å². The van der Waals surface area contributed by atoms with E-state index < -0.39 is 0 Å². The predicted molar refractivity (Wildman–Crippen MR) is 113 cm³/mol. The fourth-order valence-electron chi connectivity index (χ4n) is 2.75. The number of carbonyl (C=O) groups excluding carboxylic acids is 1.